The van der Waals surface area contributed by atoms with Crippen molar-refractivity contribution in [2.24, 2.45) is 0 Å². The Balaban J connectivity index is 1.59. The first-order chi connectivity index (χ1) is 28.8. The third-order valence-electron chi connectivity index (χ3n) is 10.1. The summed E-state index contributed by atoms with van der Waals surface area (Å²) in [4.78, 5) is 11.3. The molecule has 0 amide bonds. The Morgan fingerprint density at radius 2 is 0.695 bits per heavy atom. The molecule has 0 aliphatic heterocycles. The highest BCUT2D eigenvalue weighted by atomic mass is 35.5. The zero-order chi connectivity index (χ0) is 42.0. The Kier molecular flexibility index (Phi) is 18.2. The zero-order valence-corrected chi connectivity index (χ0v) is 36.5. The number of ether oxygens (including phenoxy) is 7. The number of benzene rings is 5. The summed E-state index contributed by atoms with van der Waals surface area (Å²) < 4.78 is 44.7. The van der Waals surface area contributed by atoms with E-state index >= 15 is 0 Å². The maximum absolute atomic E-state index is 11.3. The SMILES string of the molecule is CCCCOc1cc2c3cc(OCCCC)c(OCCCC)cc3c3cc(OCCCCOc4ccc(C(=O)O)c(Cl)c4)c(OCCCC)cc3c2cc1OCCCC. The first kappa shape index (κ1) is 45.3. The zero-order valence-electron chi connectivity index (χ0n) is 35.7. The van der Waals surface area contributed by atoms with Gasteiger partial charge in [-0.3, -0.25) is 0 Å². The molecule has 5 aromatic rings. The van der Waals surface area contributed by atoms with Gasteiger partial charge in [0.2, 0.25) is 0 Å². The molecule has 5 rings (SSSR count). The molecular weight excluding hydrogens is 768 g/mol. The number of hydrogen-bond donors (Lipinski definition) is 1. The minimum absolute atomic E-state index is 0.0449. The molecule has 0 saturated heterocycles. The fourth-order valence-corrected chi connectivity index (χ4v) is 6.91. The van der Waals surface area contributed by atoms with Crippen LogP contribution in [0.25, 0.3) is 32.3 Å². The van der Waals surface area contributed by atoms with Crippen LogP contribution in [0.2, 0.25) is 5.02 Å². The van der Waals surface area contributed by atoms with Gasteiger partial charge in [0.05, 0.1) is 56.8 Å². The first-order valence-electron chi connectivity index (χ1n) is 21.8. The van der Waals surface area contributed by atoms with Crippen molar-refractivity contribution >= 4 is 49.9 Å². The summed E-state index contributed by atoms with van der Waals surface area (Å²) in [5.74, 6) is 3.74. The quantitative estimate of drug-likeness (QED) is 0.0390. The molecule has 5 aromatic carbocycles. The summed E-state index contributed by atoms with van der Waals surface area (Å²) in [5, 5.41) is 15.6. The number of carboxylic acids is 1. The summed E-state index contributed by atoms with van der Waals surface area (Å²) in [6.07, 6.45) is 11.3. The largest absolute Gasteiger partial charge is 0.494 e. The Morgan fingerprint density at radius 3 is 0.949 bits per heavy atom. The number of carboxylic acid groups (broad SMARTS) is 1. The van der Waals surface area contributed by atoms with Crippen LogP contribution in [-0.4, -0.2) is 57.3 Å². The Morgan fingerprint density at radius 1 is 0.424 bits per heavy atom. The fraction of sp³-hybridized carbons (Fsp3) is 0.490. The van der Waals surface area contributed by atoms with Crippen molar-refractivity contribution in [3.63, 3.8) is 0 Å². The van der Waals surface area contributed by atoms with E-state index in [0.717, 1.165) is 126 Å². The number of hydrogen-bond acceptors (Lipinski definition) is 8. The van der Waals surface area contributed by atoms with Crippen LogP contribution < -0.4 is 33.2 Å². The number of fused-ring (bicyclic) bond motifs is 6. The predicted octanol–water partition coefficient (Wildman–Crippen LogP) is 13.6. The van der Waals surface area contributed by atoms with Gasteiger partial charge in [-0.2, -0.15) is 0 Å². The highest BCUT2D eigenvalue weighted by Crippen LogP contribution is 2.47. The molecular formula is C49H63ClO9. The van der Waals surface area contributed by atoms with Crippen LogP contribution in [0, 0.1) is 0 Å². The van der Waals surface area contributed by atoms with E-state index in [2.05, 4.69) is 71.0 Å². The van der Waals surface area contributed by atoms with E-state index in [9.17, 15) is 9.90 Å². The average Bonchev–Trinajstić information content (AvgIpc) is 3.23. The topological polar surface area (TPSA) is 102 Å². The van der Waals surface area contributed by atoms with Crippen LogP contribution in [0.5, 0.6) is 40.2 Å². The summed E-state index contributed by atoms with van der Waals surface area (Å²) in [7, 11) is 0. The molecule has 59 heavy (non-hydrogen) atoms. The van der Waals surface area contributed by atoms with Gasteiger partial charge < -0.3 is 38.3 Å². The van der Waals surface area contributed by atoms with Crippen molar-refractivity contribution in [2.45, 2.75) is 112 Å². The molecule has 0 aromatic heterocycles. The second-order valence-electron chi connectivity index (χ2n) is 14.9. The van der Waals surface area contributed by atoms with E-state index in [0.29, 0.717) is 69.9 Å². The Hall–Kier alpha value is -4.76. The monoisotopic (exact) mass is 830 g/mol. The van der Waals surface area contributed by atoms with E-state index in [4.69, 9.17) is 44.8 Å². The second-order valence-corrected chi connectivity index (χ2v) is 15.3. The molecule has 0 aliphatic rings. The van der Waals surface area contributed by atoms with Gasteiger partial charge in [-0.15, -0.1) is 0 Å². The third-order valence-corrected chi connectivity index (χ3v) is 10.4. The lowest BCUT2D eigenvalue weighted by Crippen LogP contribution is -2.05. The molecule has 0 saturated carbocycles. The number of rotatable bonds is 28. The van der Waals surface area contributed by atoms with Crippen LogP contribution in [-0.2, 0) is 0 Å². The van der Waals surface area contributed by atoms with Crippen molar-refractivity contribution < 1.29 is 43.1 Å². The van der Waals surface area contributed by atoms with Gasteiger partial charge in [0.1, 0.15) is 5.75 Å². The van der Waals surface area contributed by atoms with Crippen LogP contribution in [0.3, 0.4) is 0 Å². The van der Waals surface area contributed by atoms with Crippen molar-refractivity contribution in [3.8, 4) is 40.2 Å². The molecule has 0 radical (unpaired) electrons. The molecule has 0 bridgehead atoms. The summed E-state index contributed by atoms with van der Waals surface area (Å²) in [5.41, 5.74) is 0.0449. The smallest absolute Gasteiger partial charge is 0.337 e. The van der Waals surface area contributed by atoms with E-state index in [-0.39, 0.29) is 10.6 Å². The highest BCUT2D eigenvalue weighted by molar-refractivity contribution is 6.33. The normalized spacial score (nSPS) is 11.3. The fourth-order valence-electron chi connectivity index (χ4n) is 6.66. The minimum atomic E-state index is -1.07. The van der Waals surface area contributed by atoms with Crippen LogP contribution in [0.4, 0.5) is 0 Å². The highest BCUT2D eigenvalue weighted by Gasteiger charge is 2.21. The van der Waals surface area contributed by atoms with E-state index in [1.807, 2.05) is 0 Å². The predicted molar refractivity (Wildman–Crippen MR) is 240 cm³/mol. The van der Waals surface area contributed by atoms with Crippen molar-refractivity contribution in [1.29, 1.82) is 0 Å². The van der Waals surface area contributed by atoms with Gasteiger partial charge >= 0.3 is 5.97 Å². The molecule has 0 fully saturated rings. The average molecular weight is 831 g/mol. The number of halogens is 1. The molecule has 0 atom stereocenters. The van der Waals surface area contributed by atoms with Crippen LogP contribution >= 0.6 is 11.6 Å². The van der Waals surface area contributed by atoms with Crippen molar-refractivity contribution in [1.82, 2.24) is 0 Å². The van der Waals surface area contributed by atoms with Gasteiger partial charge in [-0.1, -0.05) is 78.3 Å². The lowest BCUT2D eigenvalue weighted by Gasteiger charge is -2.20. The molecule has 320 valence electrons. The lowest BCUT2D eigenvalue weighted by atomic mass is 9.93. The minimum Gasteiger partial charge on any atom is -0.494 e. The van der Waals surface area contributed by atoms with E-state index in [1.54, 1.807) is 6.07 Å². The van der Waals surface area contributed by atoms with Gasteiger partial charge in [-0.05, 0) is 132 Å². The first-order valence-corrected chi connectivity index (χ1v) is 22.2. The molecule has 0 spiro atoms. The third kappa shape index (κ3) is 12.4. The molecule has 1 N–H and O–H groups in total. The van der Waals surface area contributed by atoms with Gasteiger partial charge in [0.25, 0.3) is 0 Å². The summed E-state index contributed by atoms with van der Waals surface area (Å²) >= 11 is 6.14. The molecule has 0 heterocycles. The standard InChI is InChI=1S/C49H63ClO9/c1-6-11-20-54-43-28-36-37-29-44(55-21-12-7-2)46(57-23-14-9-4)31-39(37)41-33-48(59-26-17-16-25-53-34-18-19-35(49(51)52)42(50)27-34)47(58-24-15-10-5)32-40(41)38(36)30-45(43)56-22-13-8-3/h18-19,27-33H,6-17,20-26H2,1-5H3,(H,51,52). The van der Waals surface area contributed by atoms with E-state index in [1.165, 1.54) is 12.1 Å². The number of aromatic carboxylic acids is 1. The molecule has 0 aliphatic carbocycles. The van der Waals surface area contributed by atoms with E-state index < -0.39 is 5.97 Å². The Labute approximate surface area is 355 Å². The molecule has 9 nitrogen and oxygen atoms in total. The maximum Gasteiger partial charge on any atom is 0.337 e. The maximum atomic E-state index is 11.3. The summed E-state index contributed by atoms with van der Waals surface area (Å²) in [6.45, 7) is 14.6. The Bertz CT molecular complexity index is 2070. The van der Waals surface area contributed by atoms with Gasteiger partial charge in [0, 0.05) is 0 Å². The summed E-state index contributed by atoms with van der Waals surface area (Å²) in [6, 6.07) is 17.4. The molecule has 10 heteroatoms. The van der Waals surface area contributed by atoms with Crippen LogP contribution in [0.1, 0.15) is 122 Å². The second kappa shape index (κ2) is 23.7. The molecule has 0 unspecified atom stereocenters. The van der Waals surface area contributed by atoms with Gasteiger partial charge in [-0.25, -0.2) is 4.79 Å². The van der Waals surface area contributed by atoms with Crippen molar-refractivity contribution in [2.75, 3.05) is 46.2 Å². The van der Waals surface area contributed by atoms with Crippen molar-refractivity contribution in [3.05, 3.63) is 65.2 Å². The van der Waals surface area contributed by atoms with Gasteiger partial charge in [0.15, 0.2) is 34.5 Å². The number of unbranched alkanes of at least 4 members (excludes halogenated alkanes) is 6. The van der Waals surface area contributed by atoms with Crippen LogP contribution in [0.15, 0.2) is 54.6 Å². The lowest BCUT2D eigenvalue weighted by molar-refractivity contribution is 0.0697. The number of carbonyl (C=O) groups is 1.